The van der Waals surface area contributed by atoms with Gasteiger partial charge in [-0.2, -0.15) is 0 Å². The van der Waals surface area contributed by atoms with Crippen molar-refractivity contribution in [2.75, 3.05) is 16.8 Å². The molecular weight excluding hydrogens is 299 g/mol. The summed E-state index contributed by atoms with van der Waals surface area (Å²) >= 11 is 3.32. The van der Waals surface area contributed by atoms with Crippen molar-refractivity contribution in [2.24, 2.45) is 0 Å². The third-order valence-electron chi connectivity index (χ3n) is 3.67. The van der Waals surface area contributed by atoms with Crippen LogP contribution < -0.4 is 9.80 Å². The third-order valence-corrected chi connectivity index (χ3v) is 4.12. The number of hydrogen-bond donors (Lipinski definition) is 0. The van der Waals surface area contributed by atoms with E-state index in [0.717, 1.165) is 18.5 Å². The van der Waals surface area contributed by atoms with E-state index >= 15 is 0 Å². The van der Waals surface area contributed by atoms with Crippen molar-refractivity contribution in [3.8, 4) is 0 Å². The van der Waals surface area contributed by atoms with Crippen molar-refractivity contribution < 1.29 is 9.18 Å². The molecule has 3 rings (SSSR count). The van der Waals surface area contributed by atoms with E-state index in [2.05, 4.69) is 20.8 Å². The Labute approximate surface area is 114 Å². The second-order valence-corrected chi connectivity index (χ2v) is 5.88. The van der Waals surface area contributed by atoms with Crippen molar-refractivity contribution in [3.63, 3.8) is 0 Å². The van der Waals surface area contributed by atoms with Crippen molar-refractivity contribution in [2.45, 2.75) is 31.8 Å². The number of rotatable bonds is 1. The molecule has 2 aliphatic rings. The first-order valence-corrected chi connectivity index (χ1v) is 6.85. The van der Waals surface area contributed by atoms with Gasteiger partial charge >= 0.3 is 0 Å². The summed E-state index contributed by atoms with van der Waals surface area (Å²) in [5.74, 6) is -0.400. The minimum absolute atomic E-state index is 0.0457. The quantitative estimate of drug-likeness (QED) is 0.796. The highest BCUT2D eigenvalue weighted by atomic mass is 79.9. The number of nitrogens with zero attached hydrogens (tertiary/aromatic N) is 2. The Kier molecular flexibility index (Phi) is 2.62. The first-order valence-electron chi connectivity index (χ1n) is 6.05. The van der Waals surface area contributed by atoms with Crippen molar-refractivity contribution in [3.05, 3.63) is 22.4 Å². The number of halogens is 2. The van der Waals surface area contributed by atoms with E-state index < -0.39 is 0 Å². The van der Waals surface area contributed by atoms with Gasteiger partial charge in [-0.3, -0.25) is 4.79 Å². The summed E-state index contributed by atoms with van der Waals surface area (Å²) in [7, 11) is 1.64. The largest absolute Gasteiger partial charge is 0.355 e. The Bertz CT molecular complexity index is 530. The van der Waals surface area contributed by atoms with E-state index in [9.17, 15) is 9.18 Å². The van der Waals surface area contributed by atoms with Crippen LogP contribution in [0.15, 0.2) is 16.6 Å². The highest BCUT2D eigenvalue weighted by Gasteiger charge is 2.42. The van der Waals surface area contributed by atoms with E-state index in [1.54, 1.807) is 7.05 Å². The zero-order chi connectivity index (χ0) is 13.0. The molecule has 0 N–H and O–H groups in total. The van der Waals surface area contributed by atoms with Gasteiger partial charge in [-0.05, 0) is 31.9 Å². The van der Waals surface area contributed by atoms with Gasteiger partial charge in [0.2, 0.25) is 5.91 Å². The smallest absolute Gasteiger partial charge is 0.249 e. The third kappa shape index (κ3) is 1.64. The molecule has 96 valence electrons. The predicted molar refractivity (Wildman–Crippen MR) is 72.5 cm³/mol. The zero-order valence-corrected chi connectivity index (χ0v) is 11.9. The van der Waals surface area contributed by atoms with E-state index in [-0.39, 0.29) is 17.8 Å². The summed E-state index contributed by atoms with van der Waals surface area (Å²) in [5.41, 5.74) is 1.21. The fraction of sp³-hybridized carbons (Fsp3) is 0.462. The van der Waals surface area contributed by atoms with Gasteiger partial charge in [0.15, 0.2) is 0 Å². The summed E-state index contributed by atoms with van der Waals surface area (Å²) in [5, 5.41) is 0. The number of amides is 1. The van der Waals surface area contributed by atoms with Gasteiger partial charge in [0.05, 0.1) is 5.69 Å². The molecule has 1 heterocycles. The van der Waals surface area contributed by atoms with Crippen LogP contribution in [-0.2, 0) is 4.79 Å². The molecule has 1 aliphatic heterocycles. The van der Waals surface area contributed by atoms with Crippen LogP contribution in [0.4, 0.5) is 15.8 Å². The van der Waals surface area contributed by atoms with Crippen LogP contribution in [0.5, 0.6) is 0 Å². The van der Waals surface area contributed by atoms with Gasteiger partial charge in [0.25, 0.3) is 0 Å². The number of anilines is 2. The molecule has 0 spiro atoms. The van der Waals surface area contributed by atoms with E-state index in [1.807, 2.05) is 13.0 Å². The Morgan fingerprint density at radius 1 is 1.39 bits per heavy atom. The SMILES string of the molecule is CC1C(=O)N(C)c2c(F)cc(Br)cc2N1C1CC1. The molecule has 1 aromatic rings. The second-order valence-electron chi connectivity index (χ2n) is 4.97. The molecule has 1 saturated carbocycles. The van der Waals surface area contributed by atoms with Gasteiger partial charge in [-0.15, -0.1) is 0 Å². The zero-order valence-electron chi connectivity index (χ0n) is 10.3. The monoisotopic (exact) mass is 312 g/mol. The maximum absolute atomic E-state index is 14.1. The van der Waals surface area contributed by atoms with Crippen molar-refractivity contribution in [1.29, 1.82) is 0 Å². The topological polar surface area (TPSA) is 23.6 Å². The maximum atomic E-state index is 14.1. The molecule has 1 atom stereocenters. The predicted octanol–water partition coefficient (Wildman–Crippen LogP) is 2.92. The molecule has 18 heavy (non-hydrogen) atoms. The van der Waals surface area contributed by atoms with E-state index in [4.69, 9.17) is 0 Å². The normalized spacial score (nSPS) is 23.3. The minimum atomic E-state index is -0.354. The van der Waals surface area contributed by atoms with Crippen molar-refractivity contribution >= 4 is 33.2 Å². The number of hydrogen-bond acceptors (Lipinski definition) is 2. The molecule has 0 bridgehead atoms. The first kappa shape index (κ1) is 12.0. The van der Waals surface area contributed by atoms with Crippen LogP contribution in [-0.4, -0.2) is 25.0 Å². The van der Waals surface area contributed by atoms with Crippen LogP contribution in [0.2, 0.25) is 0 Å². The van der Waals surface area contributed by atoms with Gasteiger partial charge in [0, 0.05) is 17.6 Å². The minimum Gasteiger partial charge on any atom is -0.355 e. The summed E-state index contributed by atoms with van der Waals surface area (Å²) < 4.78 is 14.8. The second kappa shape index (κ2) is 3.95. The Morgan fingerprint density at radius 3 is 2.67 bits per heavy atom. The molecule has 1 aliphatic carbocycles. The lowest BCUT2D eigenvalue weighted by Gasteiger charge is -2.40. The van der Waals surface area contributed by atoms with Gasteiger partial charge < -0.3 is 9.80 Å². The molecule has 1 aromatic carbocycles. The Hall–Kier alpha value is -1.10. The van der Waals surface area contributed by atoms with Crippen LogP contribution in [0.3, 0.4) is 0 Å². The number of likely N-dealkylation sites (N-methyl/N-ethyl adjacent to an activating group) is 1. The molecule has 0 aromatic heterocycles. The van der Waals surface area contributed by atoms with Crippen LogP contribution >= 0.6 is 15.9 Å². The average molecular weight is 313 g/mol. The lowest BCUT2D eigenvalue weighted by atomic mass is 10.1. The van der Waals surface area contributed by atoms with Crippen LogP contribution in [0, 0.1) is 5.82 Å². The number of carbonyl (C=O) groups is 1. The van der Waals surface area contributed by atoms with Gasteiger partial charge in [0.1, 0.15) is 17.5 Å². The molecule has 5 heteroatoms. The summed E-state index contributed by atoms with van der Waals surface area (Å²) in [6.45, 7) is 1.89. The summed E-state index contributed by atoms with van der Waals surface area (Å²) in [6.07, 6.45) is 2.16. The molecule has 1 amide bonds. The molecule has 1 unspecified atom stereocenters. The standard InChI is InChI=1S/C13H14BrFN2O/c1-7-13(18)16(2)12-10(15)5-8(14)6-11(12)17(7)9-3-4-9/h5-7,9H,3-4H2,1-2H3. The Balaban J connectivity index is 2.21. The molecule has 0 radical (unpaired) electrons. The number of fused-ring (bicyclic) bond motifs is 1. The maximum Gasteiger partial charge on any atom is 0.249 e. The summed E-state index contributed by atoms with van der Waals surface area (Å²) in [6, 6.07) is 3.47. The molecule has 1 fully saturated rings. The number of benzene rings is 1. The lowest BCUT2D eigenvalue weighted by Crippen LogP contribution is -2.52. The van der Waals surface area contributed by atoms with E-state index in [1.165, 1.54) is 11.0 Å². The van der Waals surface area contributed by atoms with Crippen molar-refractivity contribution in [1.82, 2.24) is 0 Å². The van der Waals surface area contributed by atoms with Gasteiger partial charge in [-0.1, -0.05) is 15.9 Å². The fourth-order valence-corrected chi connectivity index (χ4v) is 3.08. The highest BCUT2D eigenvalue weighted by molar-refractivity contribution is 9.10. The molecule has 0 saturated heterocycles. The van der Waals surface area contributed by atoms with Crippen LogP contribution in [0.1, 0.15) is 19.8 Å². The number of carbonyl (C=O) groups excluding carboxylic acids is 1. The molecular formula is C13H14BrFN2O. The fourth-order valence-electron chi connectivity index (χ4n) is 2.66. The van der Waals surface area contributed by atoms with E-state index in [0.29, 0.717) is 16.2 Å². The molecule has 3 nitrogen and oxygen atoms in total. The Morgan fingerprint density at radius 2 is 2.06 bits per heavy atom. The van der Waals surface area contributed by atoms with Gasteiger partial charge in [-0.25, -0.2) is 4.39 Å². The first-order chi connectivity index (χ1) is 8.50. The highest BCUT2D eigenvalue weighted by Crippen LogP contribution is 2.44. The van der Waals surface area contributed by atoms with Crippen LogP contribution in [0.25, 0.3) is 0 Å². The average Bonchev–Trinajstić information content (AvgIpc) is 3.09. The lowest BCUT2D eigenvalue weighted by molar-refractivity contribution is -0.119. The summed E-state index contributed by atoms with van der Waals surface area (Å²) in [4.78, 5) is 15.7.